The Kier molecular flexibility index (Phi) is 3.64. The lowest BCUT2D eigenvalue weighted by atomic mass is 10.1. The molecule has 0 saturated carbocycles. The van der Waals surface area contributed by atoms with Crippen LogP contribution < -0.4 is 14.8 Å². The molecule has 21 heavy (non-hydrogen) atoms. The molecular formula is C17H22N2O2. The van der Waals surface area contributed by atoms with Gasteiger partial charge in [-0.15, -0.1) is 0 Å². The van der Waals surface area contributed by atoms with Crippen molar-refractivity contribution in [1.29, 1.82) is 0 Å². The molecular weight excluding hydrogens is 264 g/mol. The molecule has 1 unspecified atom stereocenters. The molecule has 0 bridgehead atoms. The maximum Gasteiger partial charge on any atom is 0.231 e. The molecule has 0 spiro atoms. The highest BCUT2D eigenvalue weighted by Crippen LogP contribution is 2.34. The monoisotopic (exact) mass is 286 g/mol. The smallest absolute Gasteiger partial charge is 0.231 e. The first-order valence-corrected chi connectivity index (χ1v) is 7.31. The molecule has 0 fully saturated rings. The molecule has 1 N–H and O–H groups in total. The molecule has 1 aliphatic heterocycles. The van der Waals surface area contributed by atoms with E-state index in [4.69, 9.17) is 9.47 Å². The molecule has 1 aliphatic rings. The van der Waals surface area contributed by atoms with E-state index in [9.17, 15) is 0 Å². The number of rotatable bonds is 4. The van der Waals surface area contributed by atoms with Crippen molar-refractivity contribution in [3.8, 4) is 11.5 Å². The molecule has 0 radical (unpaired) electrons. The first-order chi connectivity index (χ1) is 10.1. The van der Waals surface area contributed by atoms with Crippen LogP contribution in [0.3, 0.4) is 0 Å². The van der Waals surface area contributed by atoms with Crippen molar-refractivity contribution >= 4 is 0 Å². The fourth-order valence-corrected chi connectivity index (χ4v) is 2.68. The summed E-state index contributed by atoms with van der Waals surface area (Å²) in [5.41, 5.74) is 5.17. The Hall–Kier alpha value is -1.94. The number of aromatic nitrogens is 1. The minimum Gasteiger partial charge on any atom is -0.454 e. The second kappa shape index (κ2) is 5.45. The highest BCUT2D eigenvalue weighted by atomic mass is 16.7. The molecule has 1 aromatic heterocycles. The van der Waals surface area contributed by atoms with Gasteiger partial charge in [0, 0.05) is 31.0 Å². The number of benzene rings is 1. The Labute approximate surface area is 125 Å². The summed E-state index contributed by atoms with van der Waals surface area (Å²) in [5.74, 6) is 1.67. The van der Waals surface area contributed by atoms with Crippen LogP contribution in [0.4, 0.5) is 0 Å². The summed E-state index contributed by atoms with van der Waals surface area (Å²) in [6.07, 6.45) is 0. The zero-order valence-electron chi connectivity index (χ0n) is 13.1. The minimum atomic E-state index is 0.263. The first kappa shape index (κ1) is 14.0. The van der Waals surface area contributed by atoms with Crippen molar-refractivity contribution in [1.82, 2.24) is 9.88 Å². The lowest BCUT2D eigenvalue weighted by molar-refractivity contribution is 0.174. The van der Waals surface area contributed by atoms with Crippen molar-refractivity contribution < 1.29 is 9.47 Å². The van der Waals surface area contributed by atoms with E-state index in [1.54, 1.807) is 0 Å². The van der Waals surface area contributed by atoms with Gasteiger partial charge in [0.15, 0.2) is 11.5 Å². The SMILES string of the molecule is Cc1cc(CNC(C)c2ccc3c(c2)OCO3)c(C)n1C. The van der Waals surface area contributed by atoms with Crippen molar-refractivity contribution in [3.05, 3.63) is 46.8 Å². The van der Waals surface area contributed by atoms with Crippen LogP contribution in [-0.4, -0.2) is 11.4 Å². The average molecular weight is 286 g/mol. The number of nitrogens with one attached hydrogen (secondary N) is 1. The van der Waals surface area contributed by atoms with Crippen LogP contribution in [0, 0.1) is 13.8 Å². The first-order valence-electron chi connectivity index (χ1n) is 7.31. The number of fused-ring (bicyclic) bond motifs is 1. The van der Waals surface area contributed by atoms with Crippen molar-refractivity contribution in [3.63, 3.8) is 0 Å². The molecule has 112 valence electrons. The summed E-state index contributed by atoms with van der Waals surface area (Å²) in [4.78, 5) is 0. The van der Waals surface area contributed by atoms with E-state index in [2.05, 4.69) is 55.9 Å². The van der Waals surface area contributed by atoms with Gasteiger partial charge in [-0.05, 0) is 50.1 Å². The van der Waals surface area contributed by atoms with Crippen molar-refractivity contribution in [2.75, 3.05) is 6.79 Å². The second-order valence-electron chi connectivity index (χ2n) is 5.67. The van der Waals surface area contributed by atoms with Gasteiger partial charge < -0.3 is 19.4 Å². The van der Waals surface area contributed by atoms with Gasteiger partial charge in [0.2, 0.25) is 6.79 Å². The lowest BCUT2D eigenvalue weighted by Crippen LogP contribution is -2.18. The van der Waals surface area contributed by atoms with Crippen LogP contribution in [0.5, 0.6) is 11.5 Å². The van der Waals surface area contributed by atoms with Gasteiger partial charge in [0.1, 0.15) is 0 Å². The normalized spacial score (nSPS) is 14.5. The maximum absolute atomic E-state index is 5.44. The molecule has 1 aromatic carbocycles. The largest absolute Gasteiger partial charge is 0.454 e. The van der Waals surface area contributed by atoms with Gasteiger partial charge in [0.25, 0.3) is 0 Å². The van der Waals surface area contributed by atoms with Gasteiger partial charge >= 0.3 is 0 Å². The summed E-state index contributed by atoms with van der Waals surface area (Å²) >= 11 is 0. The van der Waals surface area contributed by atoms with Crippen LogP contribution in [0.2, 0.25) is 0 Å². The average Bonchev–Trinajstić information content (AvgIpc) is 3.04. The molecule has 0 amide bonds. The Morgan fingerprint density at radius 3 is 2.67 bits per heavy atom. The third-order valence-electron chi connectivity index (χ3n) is 4.38. The van der Waals surface area contributed by atoms with Crippen LogP contribution in [-0.2, 0) is 13.6 Å². The van der Waals surface area contributed by atoms with Gasteiger partial charge in [-0.1, -0.05) is 6.07 Å². The van der Waals surface area contributed by atoms with E-state index in [-0.39, 0.29) is 6.04 Å². The molecule has 0 saturated heterocycles. The highest BCUT2D eigenvalue weighted by molar-refractivity contribution is 5.45. The van der Waals surface area contributed by atoms with Crippen molar-refractivity contribution in [2.24, 2.45) is 7.05 Å². The highest BCUT2D eigenvalue weighted by Gasteiger charge is 2.16. The minimum absolute atomic E-state index is 0.263. The zero-order chi connectivity index (χ0) is 15.0. The molecule has 1 atom stereocenters. The van der Waals surface area contributed by atoms with Crippen LogP contribution >= 0.6 is 0 Å². The summed E-state index contributed by atoms with van der Waals surface area (Å²) in [7, 11) is 2.11. The Morgan fingerprint density at radius 2 is 1.95 bits per heavy atom. The predicted molar refractivity (Wildman–Crippen MR) is 82.7 cm³/mol. The van der Waals surface area contributed by atoms with E-state index in [1.807, 2.05) is 6.07 Å². The number of aryl methyl sites for hydroxylation is 1. The molecule has 0 aliphatic carbocycles. The van der Waals surface area contributed by atoms with Crippen LogP contribution in [0.25, 0.3) is 0 Å². The second-order valence-corrected chi connectivity index (χ2v) is 5.67. The molecule has 3 rings (SSSR count). The third-order valence-corrected chi connectivity index (χ3v) is 4.38. The van der Waals surface area contributed by atoms with E-state index in [1.165, 1.54) is 22.5 Å². The predicted octanol–water partition coefficient (Wildman–Crippen LogP) is 3.22. The van der Waals surface area contributed by atoms with Gasteiger partial charge in [-0.25, -0.2) is 0 Å². The van der Waals surface area contributed by atoms with E-state index < -0.39 is 0 Å². The van der Waals surface area contributed by atoms with E-state index >= 15 is 0 Å². The standard InChI is InChI=1S/C17H22N2O2/c1-11-7-15(13(3)19(11)4)9-18-12(2)14-5-6-16-17(8-14)21-10-20-16/h5-8,12,18H,9-10H2,1-4H3. The fourth-order valence-electron chi connectivity index (χ4n) is 2.68. The summed E-state index contributed by atoms with van der Waals surface area (Å²) in [6, 6.07) is 8.64. The Balaban J connectivity index is 1.69. The molecule has 2 aromatic rings. The van der Waals surface area contributed by atoms with Gasteiger partial charge in [-0.3, -0.25) is 0 Å². The zero-order valence-corrected chi connectivity index (χ0v) is 13.1. The third kappa shape index (κ3) is 2.63. The quantitative estimate of drug-likeness (QED) is 0.937. The summed E-state index contributed by atoms with van der Waals surface area (Å²) < 4.78 is 13.0. The number of ether oxygens (including phenoxy) is 2. The van der Waals surface area contributed by atoms with Crippen LogP contribution in [0.1, 0.15) is 35.5 Å². The number of nitrogens with zero attached hydrogens (tertiary/aromatic N) is 1. The fraction of sp³-hybridized carbons (Fsp3) is 0.412. The Morgan fingerprint density at radius 1 is 1.19 bits per heavy atom. The molecule has 4 heteroatoms. The summed E-state index contributed by atoms with van der Waals surface area (Å²) in [5, 5.41) is 3.58. The van der Waals surface area contributed by atoms with E-state index in [0.717, 1.165) is 18.0 Å². The van der Waals surface area contributed by atoms with Gasteiger partial charge in [-0.2, -0.15) is 0 Å². The molecule has 4 nitrogen and oxygen atoms in total. The maximum atomic E-state index is 5.44. The number of hydrogen-bond donors (Lipinski definition) is 1. The van der Waals surface area contributed by atoms with E-state index in [0.29, 0.717) is 6.79 Å². The van der Waals surface area contributed by atoms with Gasteiger partial charge in [0.05, 0.1) is 0 Å². The van der Waals surface area contributed by atoms with Crippen LogP contribution in [0.15, 0.2) is 24.3 Å². The van der Waals surface area contributed by atoms with Crippen molar-refractivity contribution in [2.45, 2.75) is 33.4 Å². The lowest BCUT2D eigenvalue weighted by Gasteiger charge is -2.15. The number of hydrogen-bond acceptors (Lipinski definition) is 3. The summed E-state index contributed by atoms with van der Waals surface area (Å²) in [6.45, 7) is 7.65. The molecule has 2 heterocycles. The topological polar surface area (TPSA) is 35.4 Å². The Bertz CT molecular complexity index is 661.